The summed E-state index contributed by atoms with van der Waals surface area (Å²) in [5, 5.41) is 14.8. The molecule has 0 bridgehead atoms. The number of nitrogens with one attached hydrogen (secondary N) is 2. The van der Waals surface area contributed by atoms with Gasteiger partial charge in [-0.1, -0.05) is 12.1 Å². The number of carbonyl (C=O) groups excluding carboxylic acids is 1. The van der Waals surface area contributed by atoms with Crippen molar-refractivity contribution in [1.29, 1.82) is 5.26 Å². The van der Waals surface area contributed by atoms with Gasteiger partial charge in [0, 0.05) is 6.54 Å². The van der Waals surface area contributed by atoms with Crippen molar-refractivity contribution in [2.24, 2.45) is 0 Å². The van der Waals surface area contributed by atoms with E-state index in [0.717, 1.165) is 5.56 Å². The molecule has 19 heavy (non-hydrogen) atoms. The minimum Gasteiger partial charge on any atom is -0.378 e. The van der Waals surface area contributed by atoms with Gasteiger partial charge in [-0.05, 0) is 24.6 Å². The molecule has 0 saturated carbocycles. The number of hydrogen-bond acceptors (Lipinski definition) is 4. The van der Waals surface area contributed by atoms with Crippen LogP contribution in [0.2, 0.25) is 0 Å². The lowest BCUT2D eigenvalue weighted by Crippen LogP contribution is -2.51. The number of nitriles is 1. The first kappa shape index (κ1) is 13.5. The molecule has 1 saturated heterocycles. The van der Waals surface area contributed by atoms with E-state index in [4.69, 9.17) is 10.00 Å². The fraction of sp³-hybridized carbons (Fsp3) is 0.429. The van der Waals surface area contributed by atoms with Gasteiger partial charge in [0.05, 0.1) is 30.9 Å². The maximum Gasteiger partial charge on any atom is 0.240 e. The van der Waals surface area contributed by atoms with E-state index >= 15 is 0 Å². The Labute approximate surface area is 112 Å². The minimum absolute atomic E-state index is 0.0587. The molecule has 1 aromatic rings. The van der Waals surface area contributed by atoms with E-state index in [1.807, 2.05) is 19.1 Å². The molecule has 2 unspecified atom stereocenters. The van der Waals surface area contributed by atoms with E-state index in [9.17, 15) is 4.79 Å². The van der Waals surface area contributed by atoms with Crippen molar-refractivity contribution >= 4 is 5.91 Å². The topological polar surface area (TPSA) is 74.2 Å². The first-order valence-corrected chi connectivity index (χ1v) is 6.32. The van der Waals surface area contributed by atoms with Crippen LogP contribution in [-0.2, 0) is 9.53 Å². The zero-order valence-electron chi connectivity index (χ0n) is 10.8. The van der Waals surface area contributed by atoms with E-state index in [1.165, 1.54) is 0 Å². The fourth-order valence-electron chi connectivity index (χ4n) is 1.98. The van der Waals surface area contributed by atoms with E-state index in [0.29, 0.717) is 25.3 Å². The fourth-order valence-corrected chi connectivity index (χ4v) is 1.98. The van der Waals surface area contributed by atoms with Crippen LogP contribution >= 0.6 is 0 Å². The van der Waals surface area contributed by atoms with Gasteiger partial charge in [-0.25, -0.2) is 0 Å². The highest BCUT2D eigenvalue weighted by Crippen LogP contribution is 2.13. The highest BCUT2D eigenvalue weighted by molar-refractivity contribution is 5.82. The molecular weight excluding hydrogens is 242 g/mol. The number of benzene rings is 1. The first-order chi connectivity index (χ1) is 9.20. The molecule has 100 valence electrons. The quantitative estimate of drug-likeness (QED) is 0.839. The van der Waals surface area contributed by atoms with E-state index in [2.05, 4.69) is 16.7 Å². The molecule has 0 spiro atoms. The second kappa shape index (κ2) is 6.32. The van der Waals surface area contributed by atoms with Gasteiger partial charge in [-0.3, -0.25) is 4.79 Å². The SMILES string of the molecule is CC(NC(=O)C1COCCN1)c1ccc(C#N)cc1. The van der Waals surface area contributed by atoms with Crippen molar-refractivity contribution < 1.29 is 9.53 Å². The molecule has 0 aromatic heterocycles. The summed E-state index contributed by atoms with van der Waals surface area (Å²) >= 11 is 0. The predicted octanol–water partition coefficient (Wildman–Crippen LogP) is 0.724. The van der Waals surface area contributed by atoms with Gasteiger partial charge in [0.1, 0.15) is 6.04 Å². The maximum absolute atomic E-state index is 12.0. The molecule has 2 N–H and O–H groups in total. The van der Waals surface area contributed by atoms with Gasteiger partial charge in [0.2, 0.25) is 5.91 Å². The van der Waals surface area contributed by atoms with Crippen molar-refractivity contribution in [2.45, 2.75) is 19.0 Å². The molecule has 1 fully saturated rings. The number of rotatable bonds is 3. The second-order valence-corrected chi connectivity index (χ2v) is 4.55. The maximum atomic E-state index is 12.0. The van der Waals surface area contributed by atoms with E-state index in [1.54, 1.807) is 12.1 Å². The molecule has 0 radical (unpaired) electrons. The van der Waals surface area contributed by atoms with Crippen LogP contribution in [0.4, 0.5) is 0 Å². The number of carbonyl (C=O) groups is 1. The zero-order valence-corrected chi connectivity index (χ0v) is 10.8. The Morgan fingerprint density at radius 1 is 1.53 bits per heavy atom. The van der Waals surface area contributed by atoms with Crippen LogP contribution in [0.5, 0.6) is 0 Å². The Balaban J connectivity index is 1.93. The summed E-state index contributed by atoms with van der Waals surface area (Å²) in [4.78, 5) is 12.0. The lowest BCUT2D eigenvalue weighted by molar-refractivity contribution is -0.126. The van der Waals surface area contributed by atoms with Crippen LogP contribution in [0.15, 0.2) is 24.3 Å². The van der Waals surface area contributed by atoms with Crippen molar-refractivity contribution in [3.8, 4) is 6.07 Å². The van der Waals surface area contributed by atoms with Crippen LogP contribution in [0, 0.1) is 11.3 Å². The molecule has 1 amide bonds. The smallest absolute Gasteiger partial charge is 0.240 e. The lowest BCUT2D eigenvalue weighted by atomic mass is 10.1. The van der Waals surface area contributed by atoms with Crippen LogP contribution in [0.3, 0.4) is 0 Å². The summed E-state index contributed by atoms with van der Waals surface area (Å²) in [6, 6.07) is 8.91. The second-order valence-electron chi connectivity index (χ2n) is 4.55. The van der Waals surface area contributed by atoms with Crippen LogP contribution in [-0.4, -0.2) is 31.7 Å². The Morgan fingerprint density at radius 2 is 2.26 bits per heavy atom. The summed E-state index contributed by atoms with van der Waals surface area (Å²) in [7, 11) is 0. The van der Waals surface area contributed by atoms with Crippen LogP contribution in [0.25, 0.3) is 0 Å². The molecule has 5 nitrogen and oxygen atoms in total. The third-order valence-corrected chi connectivity index (χ3v) is 3.14. The predicted molar refractivity (Wildman–Crippen MR) is 70.3 cm³/mol. The van der Waals surface area contributed by atoms with Crippen molar-refractivity contribution in [2.75, 3.05) is 19.8 Å². The average molecular weight is 259 g/mol. The molecule has 2 rings (SSSR count). The third-order valence-electron chi connectivity index (χ3n) is 3.14. The van der Waals surface area contributed by atoms with Crippen molar-refractivity contribution in [3.05, 3.63) is 35.4 Å². The zero-order chi connectivity index (χ0) is 13.7. The van der Waals surface area contributed by atoms with Crippen LogP contribution < -0.4 is 10.6 Å². The summed E-state index contributed by atoms with van der Waals surface area (Å²) in [6.07, 6.45) is 0. The normalized spacial score (nSPS) is 20.3. The van der Waals surface area contributed by atoms with Gasteiger partial charge in [-0.2, -0.15) is 5.26 Å². The molecule has 1 aliphatic rings. The molecular formula is C14H17N3O2. The monoisotopic (exact) mass is 259 g/mol. The van der Waals surface area contributed by atoms with Gasteiger partial charge in [-0.15, -0.1) is 0 Å². The summed E-state index contributed by atoms with van der Waals surface area (Å²) in [5.74, 6) is -0.0587. The van der Waals surface area contributed by atoms with Gasteiger partial charge in [0.25, 0.3) is 0 Å². The van der Waals surface area contributed by atoms with Gasteiger partial charge < -0.3 is 15.4 Å². The number of morpholine rings is 1. The Hall–Kier alpha value is -1.90. The Bertz CT molecular complexity index is 472. The van der Waals surface area contributed by atoms with E-state index < -0.39 is 0 Å². The van der Waals surface area contributed by atoms with Gasteiger partial charge in [0.15, 0.2) is 0 Å². The Kier molecular flexibility index (Phi) is 4.50. The summed E-state index contributed by atoms with van der Waals surface area (Å²) in [6.45, 7) is 3.67. The van der Waals surface area contributed by atoms with Crippen molar-refractivity contribution in [1.82, 2.24) is 10.6 Å². The average Bonchev–Trinajstić information content (AvgIpc) is 2.48. The summed E-state index contributed by atoms with van der Waals surface area (Å²) < 4.78 is 5.26. The van der Waals surface area contributed by atoms with E-state index in [-0.39, 0.29) is 18.0 Å². The number of ether oxygens (including phenoxy) is 1. The number of nitrogens with zero attached hydrogens (tertiary/aromatic N) is 1. The highest BCUT2D eigenvalue weighted by Gasteiger charge is 2.22. The largest absolute Gasteiger partial charge is 0.378 e. The summed E-state index contributed by atoms with van der Waals surface area (Å²) in [5.41, 5.74) is 1.59. The highest BCUT2D eigenvalue weighted by atomic mass is 16.5. The number of hydrogen-bond donors (Lipinski definition) is 2. The molecule has 2 atom stereocenters. The third kappa shape index (κ3) is 3.53. The van der Waals surface area contributed by atoms with Crippen LogP contribution in [0.1, 0.15) is 24.1 Å². The molecule has 0 aliphatic carbocycles. The first-order valence-electron chi connectivity index (χ1n) is 6.32. The number of amides is 1. The van der Waals surface area contributed by atoms with Crippen molar-refractivity contribution in [3.63, 3.8) is 0 Å². The molecule has 1 aliphatic heterocycles. The molecule has 5 heteroatoms. The standard InChI is InChI=1S/C14H17N3O2/c1-10(12-4-2-11(8-15)3-5-12)17-14(18)13-9-19-7-6-16-13/h2-5,10,13,16H,6-7,9H2,1H3,(H,17,18). The molecule has 1 heterocycles. The van der Waals surface area contributed by atoms with Gasteiger partial charge >= 0.3 is 0 Å². The molecule has 1 aromatic carbocycles. The lowest BCUT2D eigenvalue weighted by Gasteiger charge is -2.25. The minimum atomic E-state index is -0.283. The Morgan fingerprint density at radius 3 is 2.84 bits per heavy atom.